The summed E-state index contributed by atoms with van der Waals surface area (Å²) < 4.78 is 4.53. The van der Waals surface area contributed by atoms with Crippen LogP contribution in [0.2, 0.25) is 0 Å². The number of urea groups is 1. The zero-order valence-corrected chi connectivity index (χ0v) is 12.0. The Kier molecular flexibility index (Phi) is 6.27. The van der Waals surface area contributed by atoms with Crippen molar-refractivity contribution < 1.29 is 24.2 Å². The van der Waals surface area contributed by atoms with E-state index in [0.29, 0.717) is 19.6 Å². The third-order valence-electron chi connectivity index (χ3n) is 3.46. The molecule has 114 valence electrons. The van der Waals surface area contributed by atoms with Crippen molar-refractivity contribution >= 4 is 18.0 Å². The van der Waals surface area contributed by atoms with Gasteiger partial charge in [0.15, 0.2) is 0 Å². The van der Waals surface area contributed by atoms with Crippen LogP contribution in [0.4, 0.5) is 4.79 Å². The second kappa shape index (κ2) is 7.72. The second-order valence-electron chi connectivity index (χ2n) is 5.08. The summed E-state index contributed by atoms with van der Waals surface area (Å²) in [5.41, 5.74) is 0. The van der Waals surface area contributed by atoms with Crippen LogP contribution in [0.1, 0.15) is 25.7 Å². The maximum atomic E-state index is 12.2. The molecule has 20 heavy (non-hydrogen) atoms. The number of rotatable bonds is 5. The summed E-state index contributed by atoms with van der Waals surface area (Å²) in [5.74, 6) is -1.17. The summed E-state index contributed by atoms with van der Waals surface area (Å²) in [6.07, 6.45) is 1.90. The van der Waals surface area contributed by atoms with Crippen LogP contribution in [0, 0.1) is 5.92 Å². The molecule has 1 saturated heterocycles. The van der Waals surface area contributed by atoms with Gasteiger partial charge in [0.25, 0.3) is 0 Å². The minimum absolute atomic E-state index is 0.0132. The van der Waals surface area contributed by atoms with Crippen LogP contribution in [0.15, 0.2) is 0 Å². The fourth-order valence-corrected chi connectivity index (χ4v) is 2.35. The maximum Gasteiger partial charge on any atom is 0.319 e. The molecule has 1 N–H and O–H groups in total. The average molecular weight is 286 g/mol. The van der Waals surface area contributed by atoms with Crippen molar-refractivity contribution in [3.63, 3.8) is 0 Å². The van der Waals surface area contributed by atoms with Gasteiger partial charge < -0.3 is 19.6 Å². The number of carboxylic acids is 1. The number of likely N-dealkylation sites (tertiary alicyclic amines) is 1. The Morgan fingerprint density at radius 1 is 1.40 bits per heavy atom. The van der Waals surface area contributed by atoms with E-state index in [4.69, 9.17) is 5.11 Å². The fourth-order valence-electron chi connectivity index (χ4n) is 2.35. The Balaban J connectivity index is 2.45. The molecular formula is C13H22N2O5. The first-order chi connectivity index (χ1) is 9.43. The molecule has 2 amide bonds. The van der Waals surface area contributed by atoms with E-state index in [9.17, 15) is 14.4 Å². The van der Waals surface area contributed by atoms with E-state index in [1.54, 1.807) is 11.9 Å². The summed E-state index contributed by atoms with van der Waals surface area (Å²) in [6.45, 7) is 1.40. The summed E-state index contributed by atoms with van der Waals surface area (Å²) in [4.78, 5) is 37.1. The van der Waals surface area contributed by atoms with E-state index in [-0.39, 0.29) is 30.8 Å². The monoisotopic (exact) mass is 286 g/mol. The van der Waals surface area contributed by atoms with Crippen LogP contribution in [0.3, 0.4) is 0 Å². The number of carboxylic acid groups (broad SMARTS) is 1. The lowest BCUT2D eigenvalue weighted by molar-refractivity contribution is -0.141. The first-order valence-electron chi connectivity index (χ1n) is 6.72. The van der Waals surface area contributed by atoms with Crippen molar-refractivity contribution in [3.8, 4) is 0 Å². The molecule has 0 aromatic carbocycles. The lowest BCUT2D eigenvalue weighted by Crippen LogP contribution is -2.47. The summed E-state index contributed by atoms with van der Waals surface area (Å²) in [6, 6.07) is -0.163. The van der Waals surface area contributed by atoms with Crippen LogP contribution in [0.5, 0.6) is 0 Å². The predicted octanol–water partition coefficient (Wildman–Crippen LogP) is 0.788. The molecule has 0 saturated carbocycles. The van der Waals surface area contributed by atoms with Gasteiger partial charge in [0.2, 0.25) is 0 Å². The molecule has 7 nitrogen and oxygen atoms in total. The van der Waals surface area contributed by atoms with Crippen molar-refractivity contribution in [2.45, 2.75) is 25.7 Å². The van der Waals surface area contributed by atoms with E-state index in [0.717, 1.165) is 12.8 Å². The number of esters is 1. The molecule has 1 aliphatic rings. The molecule has 0 bridgehead atoms. The molecule has 1 aliphatic heterocycles. The topological polar surface area (TPSA) is 87.2 Å². The highest BCUT2D eigenvalue weighted by Gasteiger charge is 2.27. The molecule has 0 spiro atoms. The Morgan fingerprint density at radius 2 is 2.10 bits per heavy atom. The maximum absolute atomic E-state index is 12.2. The van der Waals surface area contributed by atoms with Gasteiger partial charge in [0.1, 0.15) is 0 Å². The molecule has 0 aliphatic carbocycles. The minimum Gasteiger partial charge on any atom is -0.481 e. The fraction of sp³-hybridized carbons (Fsp3) is 0.769. The molecule has 1 heterocycles. The molecule has 1 fully saturated rings. The number of carbonyl (C=O) groups excluding carboxylic acids is 2. The number of ether oxygens (including phenoxy) is 1. The number of carbonyl (C=O) groups is 3. The average Bonchev–Trinajstić information content (AvgIpc) is 2.43. The SMILES string of the molecule is COC(=O)CCN(C)C(=O)N1CCCC(CC(=O)O)C1. The van der Waals surface area contributed by atoms with Gasteiger partial charge in [-0.25, -0.2) is 4.79 Å². The number of aliphatic carboxylic acids is 1. The molecule has 0 aromatic heterocycles. The van der Waals surface area contributed by atoms with Gasteiger partial charge in [-0.3, -0.25) is 9.59 Å². The quantitative estimate of drug-likeness (QED) is 0.755. The standard InChI is InChI=1S/C13H22N2O5/c1-14(7-5-12(18)20-2)13(19)15-6-3-4-10(9-15)8-11(16)17/h10H,3-9H2,1-2H3,(H,16,17). The zero-order chi connectivity index (χ0) is 15.1. The van der Waals surface area contributed by atoms with E-state index >= 15 is 0 Å². The van der Waals surface area contributed by atoms with E-state index < -0.39 is 5.97 Å². The smallest absolute Gasteiger partial charge is 0.319 e. The molecule has 1 atom stereocenters. The number of methoxy groups -OCH3 is 1. The van der Waals surface area contributed by atoms with Crippen LogP contribution >= 0.6 is 0 Å². The van der Waals surface area contributed by atoms with Crippen molar-refractivity contribution in [2.24, 2.45) is 5.92 Å². The first-order valence-corrected chi connectivity index (χ1v) is 6.72. The highest BCUT2D eigenvalue weighted by atomic mass is 16.5. The number of amides is 2. The van der Waals surface area contributed by atoms with Crippen LogP contribution in [-0.4, -0.2) is 66.7 Å². The highest BCUT2D eigenvalue weighted by Crippen LogP contribution is 2.20. The van der Waals surface area contributed by atoms with E-state index in [1.165, 1.54) is 12.0 Å². The number of nitrogens with zero attached hydrogens (tertiary/aromatic N) is 2. The molecule has 0 radical (unpaired) electrons. The van der Waals surface area contributed by atoms with Gasteiger partial charge in [0.05, 0.1) is 13.5 Å². The van der Waals surface area contributed by atoms with Gasteiger partial charge in [0, 0.05) is 33.1 Å². The normalized spacial score (nSPS) is 18.5. The Bertz CT molecular complexity index is 372. The van der Waals surface area contributed by atoms with Gasteiger partial charge >= 0.3 is 18.0 Å². The van der Waals surface area contributed by atoms with Crippen molar-refractivity contribution in [1.82, 2.24) is 9.80 Å². The van der Waals surface area contributed by atoms with Crippen LogP contribution < -0.4 is 0 Å². The van der Waals surface area contributed by atoms with Crippen molar-refractivity contribution in [1.29, 1.82) is 0 Å². The Labute approximate surface area is 118 Å². The third-order valence-corrected chi connectivity index (χ3v) is 3.46. The third kappa shape index (κ3) is 5.07. The van der Waals surface area contributed by atoms with Crippen molar-refractivity contribution in [3.05, 3.63) is 0 Å². The predicted molar refractivity (Wildman–Crippen MR) is 71.2 cm³/mol. The lowest BCUT2D eigenvalue weighted by Gasteiger charge is -2.34. The summed E-state index contributed by atoms with van der Waals surface area (Å²) in [5, 5.41) is 8.81. The van der Waals surface area contributed by atoms with E-state index in [2.05, 4.69) is 4.74 Å². The highest BCUT2D eigenvalue weighted by molar-refractivity contribution is 5.76. The van der Waals surface area contributed by atoms with Gasteiger partial charge in [-0.05, 0) is 18.8 Å². The molecule has 1 unspecified atom stereocenters. The lowest BCUT2D eigenvalue weighted by atomic mass is 9.95. The van der Waals surface area contributed by atoms with E-state index in [1.807, 2.05) is 0 Å². The molecular weight excluding hydrogens is 264 g/mol. The van der Waals surface area contributed by atoms with Crippen molar-refractivity contribution in [2.75, 3.05) is 33.8 Å². The first kappa shape index (κ1) is 16.3. The molecule has 1 rings (SSSR count). The van der Waals surface area contributed by atoms with Crippen LogP contribution in [0.25, 0.3) is 0 Å². The van der Waals surface area contributed by atoms with Gasteiger partial charge in [-0.2, -0.15) is 0 Å². The number of hydrogen-bond acceptors (Lipinski definition) is 4. The molecule has 0 aromatic rings. The Hall–Kier alpha value is -1.79. The Morgan fingerprint density at radius 3 is 2.70 bits per heavy atom. The number of hydrogen-bond donors (Lipinski definition) is 1. The van der Waals surface area contributed by atoms with Crippen LogP contribution in [-0.2, 0) is 14.3 Å². The molecule has 7 heteroatoms. The number of piperidine rings is 1. The minimum atomic E-state index is -0.830. The summed E-state index contributed by atoms with van der Waals surface area (Å²) >= 11 is 0. The van der Waals surface area contributed by atoms with Gasteiger partial charge in [-0.1, -0.05) is 0 Å². The second-order valence-corrected chi connectivity index (χ2v) is 5.08. The largest absolute Gasteiger partial charge is 0.481 e. The summed E-state index contributed by atoms with van der Waals surface area (Å²) in [7, 11) is 2.94. The zero-order valence-electron chi connectivity index (χ0n) is 12.0. The van der Waals surface area contributed by atoms with Gasteiger partial charge in [-0.15, -0.1) is 0 Å².